The standard InChI is InChI=1S/C16H27N3O2/c1-12(2)13-9-14(21-18-13)15(20)17-10-16(5-6-16)11-19-7-3-4-8-19/h12,14H,3-11H2,1-2H3,(H,17,20). The summed E-state index contributed by atoms with van der Waals surface area (Å²) in [6.07, 6.45) is 5.36. The maximum atomic E-state index is 12.2. The Morgan fingerprint density at radius 2 is 2.14 bits per heavy atom. The van der Waals surface area contributed by atoms with Gasteiger partial charge in [0.15, 0.2) is 0 Å². The van der Waals surface area contributed by atoms with Crippen LogP contribution in [0.25, 0.3) is 0 Å². The molecule has 1 saturated heterocycles. The van der Waals surface area contributed by atoms with Crippen LogP contribution in [0.4, 0.5) is 0 Å². The Hall–Kier alpha value is -1.10. The van der Waals surface area contributed by atoms with Gasteiger partial charge < -0.3 is 15.1 Å². The van der Waals surface area contributed by atoms with Gasteiger partial charge in [-0.2, -0.15) is 0 Å². The first-order valence-electron chi connectivity index (χ1n) is 8.31. The van der Waals surface area contributed by atoms with Crippen LogP contribution in [0.3, 0.4) is 0 Å². The van der Waals surface area contributed by atoms with E-state index in [0.29, 0.717) is 17.8 Å². The molecule has 0 aromatic heterocycles. The summed E-state index contributed by atoms with van der Waals surface area (Å²) < 4.78 is 0. The van der Waals surface area contributed by atoms with Gasteiger partial charge in [0.25, 0.3) is 5.91 Å². The molecule has 2 aliphatic heterocycles. The first-order valence-corrected chi connectivity index (χ1v) is 8.31. The fourth-order valence-electron chi connectivity index (χ4n) is 3.25. The topological polar surface area (TPSA) is 53.9 Å². The van der Waals surface area contributed by atoms with E-state index in [4.69, 9.17) is 4.84 Å². The maximum Gasteiger partial charge on any atom is 0.264 e. The summed E-state index contributed by atoms with van der Waals surface area (Å²) in [7, 11) is 0. The van der Waals surface area contributed by atoms with Crippen molar-refractivity contribution in [3.8, 4) is 0 Å². The largest absolute Gasteiger partial charge is 0.382 e. The van der Waals surface area contributed by atoms with E-state index in [2.05, 4.69) is 29.2 Å². The highest BCUT2D eigenvalue weighted by molar-refractivity contribution is 5.93. The predicted octanol–water partition coefficient (Wildman–Crippen LogP) is 1.78. The summed E-state index contributed by atoms with van der Waals surface area (Å²) in [5.41, 5.74) is 1.33. The van der Waals surface area contributed by atoms with Crippen LogP contribution in [0, 0.1) is 11.3 Å². The van der Waals surface area contributed by atoms with E-state index in [1.54, 1.807) is 0 Å². The molecule has 2 heterocycles. The summed E-state index contributed by atoms with van der Waals surface area (Å²) in [6.45, 7) is 8.56. The highest BCUT2D eigenvalue weighted by Crippen LogP contribution is 2.46. The minimum absolute atomic E-state index is 0.00194. The molecular weight excluding hydrogens is 266 g/mol. The van der Waals surface area contributed by atoms with Crippen molar-refractivity contribution in [3.05, 3.63) is 0 Å². The van der Waals surface area contributed by atoms with Crippen LogP contribution in [0.5, 0.6) is 0 Å². The number of likely N-dealkylation sites (tertiary alicyclic amines) is 1. The predicted molar refractivity (Wildman–Crippen MR) is 82.1 cm³/mol. The van der Waals surface area contributed by atoms with E-state index in [1.807, 2.05) is 0 Å². The Bertz CT molecular complexity index is 423. The van der Waals surface area contributed by atoms with Crippen molar-refractivity contribution >= 4 is 11.6 Å². The second-order valence-corrected chi connectivity index (χ2v) is 7.24. The Labute approximate surface area is 127 Å². The molecule has 0 radical (unpaired) electrons. The molecule has 5 heteroatoms. The van der Waals surface area contributed by atoms with Gasteiger partial charge in [-0.25, -0.2) is 0 Å². The highest BCUT2D eigenvalue weighted by Gasteiger charge is 2.44. The van der Waals surface area contributed by atoms with E-state index in [9.17, 15) is 4.79 Å². The van der Waals surface area contributed by atoms with Crippen LogP contribution in [0.1, 0.15) is 46.0 Å². The van der Waals surface area contributed by atoms with E-state index < -0.39 is 6.10 Å². The zero-order chi connectivity index (χ0) is 14.9. The average Bonchev–Trinajstić information content (AvgIpc) is 2.89. The smallest absolute Gasteiger partial charge is 0.264 e. The SMILES string of the molecule is CC(C)C1=NOC(C(=O)NCC2(CN3CCCC3)CC2)C1. The van der Waals surface area contributed by atoms with E-state index in [1.165, 1.54) is 38.8 Å². The molecule has 1 N–H and O–H groups in total. The molecule has 3 rings (SSSR count). The van der Waals surface area contributed by atoms with Crippen molar-refractivity contribution in [1.82, 2.24) is 10.2 Å². The lowest BCUT2D eigenvalue weighted by molar-refractivity contribution is -0.131. The van der Waals surface area contributed by atoms with E-state index in [-0.39, 0.29) is 5.91 Å². The minimum atomic E-state index is -0.412. The van der Waals surface area contributed by atoms with Crippen molar-refractivity contribution in [3.63, 3.8) is 0 Å². The quantitative estimate of drug-likeness (QED) is 0.812. The van der Waals surface area contributed by atoms with Gasteiger partial charge in [0.05, 0.1) is 5.71 Å². The molecule has 1 amide bonds. The van der Waals surface area contributed by atoms with Gasteiger partial charge in [0, 0.05) is 24.9 Å². The molecule has 21 heavy (non-hydrogen) atoms. The van der Waals surface area contributed by atoms with Crippen LogP contribution in [0.2, 0.25) is 0 Å². The molecule has 0 aromatic rings. The Kier molecular flexibility index (Phi) is 4.20. The van der Waals surface area contributed by atoms with Crippen molar-refractivity contribution in [1.29, 1.82) is 0 Å². The third-order valence-electron chi connectivity index (χ3n) is 5.00. The van der Waals surface area contributed by atoms with Crippen LogP contribution >= 0.6 is 0 Å². The van der Waals surface area contributed by atoms with Gasteiger partial charge in [-0.1, -0.05) is 19.0 Å². The lowest BCUT2D eigenvalue weighted by Gasteiger charge is -2.23. The first-order chi connectivity index (χ1) is 10.1. The summed E-state index contributed by atoms with van der Waals surface area (Å²) >= 11 is 0. The Balaban J connectivity index is 1.42. The number of hydrogen-bond donors (Lipinski definition) is 1. The molecule has 118 valence electrons. The molecule has 2 fully saturated rings. The molecule has 1 saturated carbocycles. The molecule has 0 bridgehead atoms. The van der Waals surface area contributed by atoms with Gasteiger partial charge in [-0.15, -0.1) is 0 Å². The second kappa shape index (κ2) is 5.95. The van der Waals surface area contributed by atoms with Gasteiger partial charge in [0.1, 0.15) is 0 Å². The number of oxime groups is 1. The average molecular weight is 293 g/mol. The number of carbonyl (C=O) groups is 1. The fraction of sp³-hybridized carbons (Fsp3) is 0.875. The minimum Gasteiger partial charge on any atom is -0.382 e. The number of amides is 1. The van der Waals surface area contributed by atoms with Crippen molar-refractivity contribution in [2.75, 3.05) is 26.2 Å². The number of rotatable bonds is 6. The van der Waals surface area contributed by atoms with Crippen LogP contribution in [-0.2, 0) is 9.63 Å². The number of hydrogen-bond acceptors (Lipinski definition) is 4. The maximum absolute atomic E-state index is 12.2. The van der Waals surface area contributed by atoms with Crippen LogP contribution in [-0.4, -0.2) is 48.8 Å². The molecule has 1 unspecified atom stereocenters. The molecular formula is C16H27N3O2. The van der Waals surface area contributed by atoms with Gasteiger partial charge in [0.2, 0.25) is 6.10 Å². The highest BCUT2D eigenvalue weighted by atomic mass is 16.6. The van der Waals surface area contributed by atoms with E-state index >= 15 is 0 Å². The molecule has 1 aliphatic carbocycles. The number of nitrogens with one attached hydrogen (secondary N) is 1. The lowest BCUT2D eigenvalue weighted by atomic mass is 10.0. The lowest BCUT2D eigenvalue weighted by Crippen LogP contribution is -2.41. The van der Waals surface area contributed by atoms with Gasteiger partial charge in [-0.3, -0.25) is 4.79 Å². The summed E-state index contributed by atoms with van der Waals surface area (Å²) in [5.74, 6) is 0.356. The Morgan fingerprint density at radius 1 is 1.43 bits per heavy atom. The first kappa shape index (κ1) is 14.8. The Morgan fingerprint density at radius 3 is 2.71 bits per heavy atom. The normalized spacial score (nSPS) is 27.6. The van der Waals surface area contributed by atoms with Crippen molar-refractivity contribution < 1.29 is 9.63 Å². The second-order valence-electron chi connectivity index (χ2n) is 7.24. The summed E-state index contributed by atoms with van der Waals surface area (Å²) in [5, 5.41) is 7.13. The zero-order valence-electron chi connectivity index (χ0n) is 13.2. The number of nitrogens with zero attached hydrogens (tertiary/aromatic N) is 2. The van der Waals surface area contributed by atoms with Crippen LogP contribution in [0.15, 0.2) is 5.16 Å². The van der Waals surface area contributed by atoms with Gasteiger partial charge >= 0.3 is 0 Å². The molecule has 1 atom stereocenters. The zero-order valence-corrected chi connectivity index (χ0v) is 13.2. The van der Waals surface area contributed by atoms with Crippen LogP contribution < -0.4 is 5.32 Å². The number of carbonyl (C=O) groups excluding carboxylic acids is 1. The molecule has 3 aliphatic rings. The molecule has 5 nitrogen and oxygen atoms in total. The summed E-state index contributed by atoms with van der Waals surface area (Å²) in [6, 6.07) is 0. The third kappa shape index (κ3) is 3.57. The van der Waals surface area contributed by atoms with E-state index in [0.717, 1.165) is 18.8 Å². The third-order valence-corrected chi connectivity index (χ3v) is 5.00. The molecule has 0 aromatic carbocycles. The summed E-state index contributed by atoms with van der Waals surface area (Å²) in [4.78, 5) is 20.0. The fourth-order valence-corrected chi connectivity index (χ4v) is 3.25. The van der Waals surface area contributed by atoms with Crippen molar-refractivity contribution in [2.24, 2.45) is 16.5 Å². The van der Waals surface area contributed by atoms with Gasteiger partial charge in [-0.05, 0) is 44.7 Å². The molecule has 0 spiro atoms. The monoisotopic (exact) mass is 293 g/mol. The van der Waals surface area contributed by atoms with Crippen molar-refractivity contribution in [2.45, 2.75) is 52.1 Å².